The molecule has 7 nitrogen and oxygen atoms in total. The molecule has 1 aromatic heterocycles. The molecule has 0 saturated carbocycles. The van der Waals surface area contributed by atoms with Gasteiger partial charge in [0.15, 0.2) is 6.54 Å². The van der Waals surface area contributed by atoms with Gasteiger partial charge in [-0.25, -0.2) is 9.78 Å². The fourth-order valence-electron chi connectivity index (χ4n) is 3.95. The molecule has 1 amide bonds. The quantitative estimate of drug-likeness (QED) is 0.545. The second-order valence-corrected chi connectivity index (χ2v) is 8.04. The van der Waals surface area contributed by atoms with Crippen molar-refractivity contribution in [3.05, 3.63) is 58.9 Å². The maximum Gasteiger partial charge on any atom is 0.337 e. The molecule has 0 unspecified atom stereocenters. The van der Waals surface area contributed by atoms with Gasteiger partial charge in [0.25, 0.3) is 5.91 Å². The number of carbonyl (C=O) groups is 2. The third-order valence-electron chi connectivity index (χ3n) is 5.52. The topological polar surface area (TPSA) is 88.5 Å². The van der Waals surface area contributed by atoms with E-state index in [1.165, 1.54) is 12.0 Å². The molecular weight excluding hydrogens is 404 g/mol. The molecule has 2 heterocycles. The van der Waals surface area contributed by atoms with Crippen LogP contribution in [0.5, 0.6) is 0 Å². The van der Waals surface area contributed by atoms with Crippen molar-refractivity contribution in [2.45, 2.75) is 18.8 Å². The molecular formula is C22H24ClN4O3+. The average molecular weight is 428 g/mol. The van der Waals surface area contributed by atoms with E-state index in [1.54, 1.807) is 24.3 Å². The summed E-state index contributed by atoms with van der Waals surface area (Å²) in [7, 11) is 1.33. The Hall–Kier alpha value is -2.90. The van der Waals surface area contributed by atoms with Crippen molar-refractivity contribution in [1.29, 1.82) is 0 Å². The van der Waals surface area contributed by atoms with Gasteiger partial charge in [-0.2, -0.15) is 0 Å². The number of methoxy groups -OCH3 is 1. The average Bonchev–Trinajstić information content (AvgIpc) is 3.17. The summed E-state index contributed by atoms with van der Waals surface area (Å²) in [5, 5.41) is 3.57. The van der Waals surface area contributed by atoms with Crippen LogP contribution in [0.25, 0.3) is 11.0 Å². The molecule has 0 spiro atoms. The van der Waals surface area contributed by atoms with Crippen LogP contribution in [-0.4, -0.2) is 48.6 Å². The highest BCUT2D eigenvalue weighted by molar-refractivity contribution is 6.31. The van der Waals surface area contributed by atoms with Crippen LogP contribution in [0.1, 0.15) is 34.9 Å². The normalized spacial score (nSPS) is 18.9. The molecule has 8 heteroatoms. The van der Waals surface area contributed by atoms with Crippen molar-refractivity contribution in [2.75, 3.05) is 32.1 Å². The van der Waals surface area contributed by atoms with Crippen molar-refractivity contribution in [3.8, 4) is 0 Å². The van der Waals surface area contributed by atoms with E-state index in [2.05, 4.69) is 10.3 Å². The highest BCUT2D eigenvalue weighted by Crippen LogP contribution is 2.25. The molecule has 2 aromatic carbocycles. The van der Waals surface area contributed by atoms with Crippen molar-refractivity contribution in [1.82, 2.24) is 9.97 Å². The van der Waals surface area contributed by atoms with Gasteiger partial charge in [0.05, 0.1) is 36.8 Å². The van der Waals surface area contributed by atoms with Gasteiger partial charge >= 0.3 is 5.97 Å². The van der Waals surface area contributed by atoms with Crippen molar-refractivity contribution in [2.24, 2.45) is 0 Å². The molecule has 1 aliphatic heterocycles. The summed E-state index contributed by atoms with van der Waals surface area (Å²) in [5.41, 5.74) is 2.90. The number of hydrogen-bond donors (Lipinski definition) is 3. The van der Waals surface area contributed by atoms with Crippen LogP contribution in [0.3, 0.4) is 0 Å². The lowest BCUT2D eigenvalue weighted by Crippen LogP contribution is -3.14. The summed E-state index contributed by atoms with van der Waals surface area (Å²) in [6.45, 7) is 2.20. The Balaban J connectivity index is 1.31. The summed E-state index contributed by atoms with van der Waals surface area (Å²) in [4.78, 5) is 33.4. The first-order valence-electron chi connectivity index (χ1n) is 9.99. The number of aromatic nitrogens is 2. The van der Waals surface area contributed by atoms with Gasteiger partial charge in [-0.3, -0.25) is 4.79 Å². The molecule has 30 heavy (non-hydrogen) atoms. The standard InChI is InChI=1S/C22H23ClN4O3/c1-30-22(29)15-3-2-4-17(11-15)24-20(28)13-27-9-7-14(8-10-27)21-25-18-6-5-16(23)12-19(18)26-21/h2-6,11-12,14H,7-10,13H2,1H3,(H,24,28)(H,25,26)/p+1. The number of hydrogen-bond acceptors (Lipinski definition) is 4. The first-order chi connectivity index (χ1) is 14.5. The van der Waals surface area contributed by atoms with E-state index in [4.69, 9.17) is 21.3 Å². The van der Waals surface area contributed by atoms with E-state index in [0.717, 1.165) is 42.8 Å². The molecule has 0 aliphatic carbocycles. The van der Waals surface area contributed by atoms with E-state index >= 15 is 0 Å². The molecule has 3 N–H and O–H groups in total. The Kier molecular flexibility index (Phi) is 6.01. The lowest BCUT2D eigenvalue weighted by atomic mass is 9.96. The first kappa shape index (κ1) is 20.4. The predicted octanol–water partition coefficient (Wildman–Crippen LogP) is 2.40. The zero-order chi connectivity index (χ0) is 21.1. The van der Waals surface area contributed by atoms with Crippen molar-refractivity contribution < 1.29 is 19.2 Å². The highest BCUT2D eigenvalue weighted by Gasteiger charge is 2.27. The molecule has 3 aromatic rings. The number of amides is 1. The van der Waals surface area contributed by atoms with Crippen LogP contribution in [0.15, 0.2) is 42.5 Å². The molecule has 1 aliphatic rings. The highest BCUT2D eigenvalue weighted by atomic mass is 35.5. The number of imidazole rings is 1. The second-order valence-electron chi connectivity index (χ2n) is 7.61. The number of nitrogens with one attached hydrogen (secondary N) is 3. The van der Waals surface area contributed by atoms with Gasteiger partial charge in [0.2, 0.25) is 0 Å². The number of carbonyl (C=O) groups excluding carboxylic acids is 2. The number of rotatable bonds is 5. The zero-order valence-corrected chi connectivity index (χ0v) is 17.5. The molecule has 1 saturated heterocycles. The fraction of sp³-hybridized carbons (Fsp3) is 0.318. The van der Waals surface area contributed by atoms with Crippen molar-refractivity contribution in [3.63, 3.8) is 0 Å². The number of esters is 1. The van der Waals surface area contributed by atoms with E-state index in [9.17, 15) is 9.59 Å². The number of likely N-dealkylation sites (tertiary alicyclic amines) is 1. The lowest BCUT2D eigenvalue weighted by Gasteiger charge is -2.27. The number of aromatic amines is 1. The summed E-state index contributed by atoms with van der Waals surface area (Å²) in [5.74, 6) is 0.866. The number of piperidine rings is 1. The Morgan fingerprint density at radius 1 is 1.23 bits per heavy atom. The third kappa shape index (κ3) is 4.63. The van der Waals surface area contributed by atoms with Gasteiger partial charge in [-0.1, -0.05) is 17.7 Å². The predicted molar refractivity (Wildman–Crippen MR) is 115 cm³/mol. The van der Waals surface area contributed by atoms with Crippen LogP contribution in [0, 0.1) is 0 Å². The molecule has 0 bridgehead atoms. The fourth-order valence-corrected chi connectivity index (χ4v) is 4.12. The lowest BCUT2D eigenvalue weighted by molar-refractivity contribution is -0.897. The minimum Gasteiger partial charge on any atom is -0.465 e. The Bertz CT molecular complexity index is 1070. The second kappa shape index (κ2) is 8.85. The van der Waals surface area contributed by atoms with E-state index < -0.39 is 5.97 Å². The summed E-state index contributed by atoms with van der Waals surface area (Å²) in [6, 6.07) is 12.4. The molecule has 1 fully saturated rings. The third-order valence-corrected chi connectivity index (χ3v) is 5.75. The van der Waals surface area contributed by atoms with Gasteiger partial charge in [0, 0.05) is 29.5 Å². The number of halogens is 1. The molecule has 0 radical (unpaired) electrons. The Morgan fingerprint density at radius 2 is 2.03 bits per heavy atom. The van der Waals surface area contributed by atoms with Gasteiger partial charge < -0.3 is 19.9 Å². The maximum absolute atomic E-state index is 12.5. The van der Waals surface area contributed by atoms with Gasteiger partial charge in [-0.15, -0.1) is 0 Å². The smallest absolute Gasteiger partial charge is 0.337 e. The summed E-state index contributed by atoms with van der Waals surface area (Å²) >= 11 is 6.06. The number of H-pyrrole nitrogens is 1. The summed E-state index contributed by atoms with van der Waals surface area (Å²) < 4.78 is 4.72. The number of fused-ring (bicyclic) bond motifs is 1. The molecule has 156 valence electrons. The van der Waals surface area contributed by atoms with Crippen LogP contribution in [-0.2, 0) is 9.53 Å². The number of anilines is 1. The SMILES string of the molecule is COC(=O)c1cccc(NC(=O)C[NH+]2CCC(c3nc4ccc(Cl)cc4[nH]3)CC2)c1. The van der Waals surface area contributed by atoms with E-state index in [-0.39, 0.29) is 5.91 Å². The Labute approximate surface area is 179 Å². The van der Waals surface area contributed by atoms with E-state index in [1.807, 2.05) is 18.2 Å². The monoisotopic (exact) mass is 427 g/mol. The van der Waals surface area contributed by atoms with E-state index in [0.29, 0.717) is 28.7 Å². The maximum atomic E-state index is 12.5. The summed E-state index contributed by atoms with van der Waals surface area (Å²) in [6.07, 6.45) is 1.93. The number of ether oxygens (including phenoxy) is 1. The largest absolute Gasteiger partial charge is 0.465 e. The molecule has 4 rings (SSSR count). The van der Waals surface area contributed by atoms with Crippen LogP contribution < -0.4 is 10.2 Å². The van der Waals surface area contributed by atoms with Crippen LogP contribution in [0.4, 0.5) is 5.69 Å². The Morgan fingerprint density at radius 3 is 2.80 bits per heavy atom. The van der Waals surface area contributed by atoms with Crippen molar-refractivity contribution >= 4 is 40.2 Å². The first-order valence-corrected chi connectivity index (χ1v) is 10.4. The minimum absolute atomic E-state index is 0.0659. The molecule has 0 atom stereocenters. The zero-order valence-electron chi connectivity index (χ0n) is 16.7. The minimum atomic E-state index is -0.424. The van der Waals surface area contributed by atoms with Gasteiger partial charge in [-0.05, 0) is 36.4 Å². The number of quaternary nitrogens is 1. The number of nitrogens with zero attached hydrogens (tertiary/aromatic N) is 1. The number of benzene rings is 2. The van der Waals surface area contributed by atoms with Crippen LogP contribution in [0.2, 0.25) is 5.02 Å². The van der Waals surface area contributed by atoms with Crippen LogP contribution >= 0.6 is 11.6 Å². The van der Waals surface area contributed by atoms with Gasteiger partial charge in [0.1, 0.15) is 5.82 Å².